The van der Waals surface area contributed by atoms with Crippen molar-refractivity contribution in [3.63, 3.8) is 0 Å². The third-order valence-electron chi connectivity index (χ3n) is 3.10. The first-order valence-corrected chi connectivity index (χ1v) is 8.16. The average molecular weight is 315 g/mol. The van der Waals surface area contributed by atoms with Gasteiger partial charge in [-0.2, -0.15) is 0 Å². The molecular formula is C13H18NO6P. The first kappa shape index (κ1) is 17.4. The van der Waals surface area contributed by atoms with Crippen LogP contribution in [0.2, 0.25) is 0 Å². The number of benzene rings is 1. The van der Waals surface area contributed by atoms with Crippen LogP contribution in [0.1, 0.15) is 35.4 Å². The third kappa shape index (κ3) is 5.30. The summed E-state index contributed by atoms with van der Waals surface area (Å²) < 4.78 is 11.4. The summed E-state index contributed by atoms with van der Waals surface area (Å²) >= 11 is 0. The van der Waals surface area contributed by atoms with Crippen molar-refractivity contribution in [2.45, 2.75) is 31.8 Å². The van der Waals surface area contributed by atoms with Gasteiger partial charge in [-0.3, -0.25) is 19.7 Å². The van der Waals surface area contributed by atoms with Crippen molar-refractivity contribution in [2.24, 2.45) is 5.50 Å². The Hall–Kier alpha value is -1.69. The van der Waals surface area contributed by atoms with Crippen LogP contribution >= 0.6 is 7.52 Å². The predicted octanol–water partition coefficient (Wildman–Crippen LogP) is 1.67. The van der Waals surface area contributed by atoms with Crippen molar-refractivity contribution >= 4 is 19.5 Å². The van der Waals surface area contributed by atoms with Crippen LogP contribution in [-0.4, -0.2) is 27.0 Å². The molecule has 2 unspecified atom stereocenters. The molecule has 1 rings (SSSR count). The van der Waals surface area contributed by atoms with Crippen molar-refractivity contribution < 1.29 is 29.3 Å². The van der Waals surface area contributed by atoms with Crippen LogP contribution in [0.15, 0.2) is 18.2 Å². The zero-order valence-electron chi connectivity index (χ0n) is 11.5. The number of nitrogens with two attached hydrogens (primary N) is 1. The molecule has 5 N–H and O–H groups in total. The Morgan fingerprint density at radius 1 is 1.33 bits per heavy atom. The van der Waals surface area contributed by atoms with E-state index in [0.717, 1.165) is 0 Å². The van der Waals surface area contributed by atoms with Crippen molar-refractivity contribution in [3.8, 4) is 0 Å². The number of carboxylic acid groups (broad SMARTS) is 2. The topological polar surface area (TPSA) is 138 Å². The smallest absolute Gasteiger partial charge is 0.311 e. The molecule has 0 bridgehead atoms. The van der Waals surface area contributed by atoms with Gasteiger partial charge in [0.2, 0.25) is 0 Å². The van der Waals surface area contributed by atoms with E-state index in [1.165, 1.54) is 6.07 Å². The number of rotatable bonds is 7. The van der Waals surface area contributed by atoms with E-state index in [9.17, 15) is 24.2 Å². The normalized spacial score (nSPS) is 15.2. The SMILES string of the molecule is Cc1cccc(CP(N)(=O)O)c1C(CCC(=O)O)C(=O)O. The van der Waals surface area contributed by atoms with Crippen LogP contribution in [0.4, 0.5) is 0 Å². The van der Waals surface area contributed by atoms with Crippen molar-refractivity contribution in [1.82, 2.24) is 0 Å². The summed E-state index contributed by atoms with van der Waals surface area (Å²) in [5.74, 6) is -3.32. The van der Waals surface area contributed by atoms with E-state index in [1.807, 2.05) is 0 Å². The van der Waals surface area contributed by atoms with Crippen LogP contribution < -0.4 is 5.50 Å². The number of hydrogen-bond donors (Lipinski definition) is 4. The molecule has 0 saturated carbocycles. The Labute approximate surface area is 121 Å². The van der Waals surface area contributed by atoms with E-state index in [2.05, 4.69) is 0 Å². The van der Waals surface area contributed by atoms with Gasteiger partial charge in [-0.05, 0) is 30.0 Å². The Morgan fingerprint density at radius 3 is 2.43 bits per heavy atom. The molecule has 0 fully saturated rings. The second-order valence-corrected chi connectivity index (χ2v) is 6.71. The maximum absolute atomic E-state index is 11.4. The highest BCUT2D eigenvalue weighted by Gasteiger charge is 2.27. The minimum absolute atomic E-state index is 0.0944. The highest BCUT2D eigenvalue weighted by molar-refractivity contribution is 7.54. The van der Waals surface area contributed by atoms with Gasteiger partial charge >= 0.3 is 11.9 Å². The van der Waals surface area contributed by atoms with Crippen molar-refractivity contribution in [2.75, 3.05) is 0 Å². The van der Waals surface area contributed by atoms with Gasteiger partial charge in [0, 0.05) is 6.42 Å². The summed E-state index contributed by atoms with van der Waals surface area (Å²) in [4.78, 5) is 31.4. The number of hydrogen-bond acceptors (Lipinski definition) is 3. The lowest BCUT2D eigenvalue weighted by Crippen LogP contribution is -2.17. The number of carbonyl (C=O) groups is 2. The van der Waals surface area contributed by atoms with Crippen molar-refractivity contribution in [1.29, 1.82) is 0 Å². The zero-order chi connectivity index (χ0) is 16.2. The van der Waals surface area contributed by atoms with Crippen LogP contribution in [-0.2, 0) is 20.3 Å². The molecule has 1 aromatic rings. The van der Waals surface area contributed by atoms with Gasteiger partial charge < -0.3 is 15.1 Å². The van der Waals surface area contributed by atoms with Crippen LogP contribution in [0, 0.1) is 6.92 Å². The Bertz CT molecular complexity index is 594. The molecular weight excluding hydrogens is 297 g/mol. The van der Waals surface area contributed by atoms with Gasteiger partial charge in [-0.15, -0.1) is 0 Å². The zero-order valence-corrected chi connectivity index (χ0v) is 12.4. The maximum atomic E-state index is 11.4. The van der Waals surface area contributed by atoms with Crippen molar-refractivity contribution in [3.05, 3.63) is 34.9 Å². The summed E-state index contributed by atoms with van der Waals surface area (Å²) in [6, 6.07) is 4.85. The van der Waals surface area contributed by atoms with Crippen LogP contribution in [0.3, 0.4) is 0 Å². The molecule has 0 aliphatic heterocycles. The summed E-state index contributed by atoms with van der Waals surface area (Å²) in [6.45, 7) is 1.67. The van der Waals surface area contributed by atoms with Crippen LogP contribution in [0.5, 0.6) is 0 Å². The summed E-state index contributed by atoms with van der Waals surface area (Å²) in [7, 11) is -3.85. The summed E-state index contributed by atoms with van der Waals surface area (Å²) in [6.07, 6.45) is -0.742. The molecule has 0 aromatic heterocycles. The average Bonchev–Trinajstić information content (AvgIpc) is 2.29. The quantitative estimate of drug-likeness (QED) is 0.561. The molecule has 0 saturated heterocycles. The first-order chi connectivity index (χ1) is 9.61. The van der Waals surface area contributed by atoms with E-state index >= 15 is 0 Å². The first-order valence-electron chi connectivity index (χ1n) is 6.25. The molecule has 8 heteroatoms. The highest BCUT2D eigenvalue weighted by atomic mass is 31.2. The lowest BCUT2D eigenvalue weighted by Gasteiger charge is -2.19. The fourth-order valence-electron chi connectivity index (χ4n) is 2.28. The van der Waals surface area contributed by atoms with Gasteiger partial charge in [-0.25, -0.2) is 0 Å². The number of aryl methyl sites for hydroxylation is 1. The summed E-state index contributed by atoms with van der Waals surface area (Å²) in [5, 5.41) is 18.0. The molecule has 21 heavy (non-hydrogen) atoms. The minimum Gasteiger partial charge on any atom is -0.481 e. The molecule has 116 valence electrons. The lowest BCUT2D eigenvalue weighted by atomic mass is 9.87. The third-order valence-corrected chi connectivity index (χ3v) is 3.90. The van der Waals surface area contributed by atoms with Gasteiger partial charge in [0.1, 0.15) is 0 Å². The molecule has 0 spiro atoms. The summed E-state index contributed by atoms with van der Waals surface area (Å²) in [5.41, 5.74) is 6.51. The molecule has 7 nitrogen and oxygen atoms in total. The van der Waals surface area contributed by atoms with E-state index in [4.69, 9.17) is 10.6 Å². The molecule has 0 radical (unpaired) electrons. The predicted molar refractivity (Wildman–Crippen MR) is 76.1 cm³/mol. The molecule has 0 aliphatic carbocycles. The fourth-order valence-corrected chi connectivity index (χ4v) is 3.04. The maximum Gasteiger partial charge on any atom is 0.311 e. The van der Waals surface area contributed by atoms with Gasteiger partial charge in [0.15, 0.2) is 0 Å². The Morgan fingerprint density at radius 2 is 1.95 bits per heavy atom. The molecule has 1 aromatic carbocycles. The van der Waals surface area contributed by atoms with E-state index in [-0.39, 0.29) is 19.0 Å². The Kier molecular flexibility index (Phi) is 5.66. The van der Waals surface area contributed by atoms with Crippen LogP contribution in [0.25, 0.3) is 0 Å². The number of aliphatic carboxylic acids is 2. The fraction of sp³-hybridized carbons (Fsp3) is 0.385. The molecule has 0 amide bonds. The molecule has 0 aliphatic rings. The van der Waals surface area contributed by atoms with Gasteiger partial charge in [-0.1, -0.05) is 18.2 Å². The van der Waals surface area contributed by atoms with Gasteiger partial charge in [0.05, 0.1) is 12.1 Å². The highest BCUT2D eigenvalue weighted by Crippen LogP contribution is 2.39. The van der Waals surface area contributed by atoms with E-state index in [0.29, 0.717) is 16.7 Å². The molecule has 0 heterocycles. The second kappa shape index (κ2) is 6.85. The van der Waals surface area contributed by atoms with Gasteiger partial charge in [0.25, 0.3) is 7.52 Å². The lowest BCUT2D eigenvalue weighted by molar-refractivity contribution is -0.140. The standard InChI is InChI=1S/C13H18NO6P/c1-8-3-2-4-9(7-21(14,19)20)12(8)10(13(17)18)5-6-11(15)16/h2-4,10H,5-7H2,1H3,(H,15,16)(H,17,18)(H3,14,19,20). The second-order valence-electron chi connectivity index (χ2n) is 4.88. The van der Waals surface area contributed by atoms with E-state index < -0.39 is 25.4 Å². The Balaban J connectivity index is 3.26. The largest absolute Gasteiger partial charge is 0.481 e. The monoisotopic (exact) mass is 315 g/mol. The van der Waals surface area contributed by atoms with E-state index in [1.54, 1.807) is 19.1 Å². The number of carboxylic acids is 2. The minimum atomic E-state index is -3.85. The molecule has 2 atom stereocenters.